The lowest BCUT2D eigenvalue weighted by molar-refractivity contribution is -0.118. The average Bonchev–Trinajstić information content (AvgIpc) is 3.01. The van der Waals surface area contributed by atoms with E-state index in [9.17, 15) is 14.4 Å². The number of anilines is 1. The molecule has 0 aliphatic heterocycles. The number of esters is 2. The fourth-order valence-electron chi connectivity index (χ4n) is 3.06. The summed E-state index contributed by atoms with van der Waals surface area (Å²) in [4.78, 5) is 37.9. The molecule has 0 saturated carbocycles. The molecule has 1 aromatic carbocycles. The molecule has 0 aliphatic carbocycles. The van der Waals surface area contributed by atoms with Crippen LogP contribution in [0.2, 0.25) is 0 Å². The highest BCUT2D eigenvalue weighted by molar-refractivity contribution is 7.18. The Labute approximate surface area is 193 Å². The number of amides is 1. The molecule has 2 aromatic rings. The second kappa shape index (κ2) is 11.1. The largest absolute Gasteiger partial charge is 0.483 e. The number of rotatable bonds is 9. The van der Waals surface area contributed by atoms with Crippen LogP contribution < -0.4 is 10.1 Å². The smallest absolute Gasteiger partial charge is 0.348 e. The Kier molecular flexibility index (Phi) is 8.83. The zero-order valence-corrected chi connectivity index (χ0v) is 20.5. The summed E-state index contributed by atoms with van der Waals surface area (Å²) in [5.74, 6) is -0.729. The highest BCUT2D eigenvalue weighted by Crippen LogP contribution is 2.34. The third kappa shape index (κ3) is 6.32. The molecule has 0 atom stereocenters. The lowest BCUT2D eigenvalue weighted by atomic mass is 10.0. The van der Waals surface area contributed by atoms with Gasteiger partial charge in [-0.1, -0.05) is 26.0 Å². The van der Waals surface area contributed by atoms with Gasteiger partial charge in [0.15, 0.2) is 6.61 Å². The van der Waals surface area contributed by atoms with Crippen molar-refractivity contribution in [3.05, 3.63) is 45.3 Å². The topological polar surface area (TPSA) is 90.9 Å². The van der Waals surface area contributed by atoms with Crippen LogP contribution in [0.3, 0.4) is 0 Å². The van der Waals surface area contributed by atoms with Crippen LogP contribution in [-0.4, -0.2) is 37.2 Å². The molecular weight excluding hydrogens is 430 g/mol. The minimum Gasteiger partial charge on any atom is -0.483 e. The van der Waals surface area contributed by atoms with Crippen molar-refractivity contribution in [3.63, 3.8) is 0 Å². The molecule has 0 unspecified atom stereocenters. The first kappa shape index (κ1) is 25.4. The first-order chi connectivity index (χ1) is 15.0. The van der Waals surface area contributed by atoms with Crippen LogP contribution in [0.1, 0.15) is 77.3 Å². The molecule has 1 heterocycles. The molecule has 1 N–H and O–H groups in total. The molecule has 1 amide bonds. The summed E-state index contributed by atoms with van der Waals surface area (Å²) in [5.41, 5.74) is 2.59. The summed E-state index contributed by atoms with van der Waals surface area (Å²) in [6, 6.07) is 5.88. The third-order valence-corrected chi connectivity index (χ3v) is 5.74. The van der Waals surface area contributed by atoms with Crippen LogP contribution >= 0.6 is 11.3 Å². The number of carbonyl (C=O) groups is 3. The van der Waals surface area contributed by atoms with Crippen molar-refractivity contribution < 1.29 is 28.6 Å². The maximum Gasteiger partial charge on any atom is 0.348 e. The van der Waals surface area contributed by atoms with Crippen LogP contribution in [0.25, 0.3) is 0 Å². The van der Waals surface area contributed by atoms with E-state index in [4.69, 9.17) is 14.2 Å². The van der Waals surface area contributed by atoms with E-state index in [0.29, 0.717) is 11.3 Å². The first-order valence-electron chi connectivity index (χ1n) is 10.6. The molecule has 174 valence electrons. The normalized spacial score (nSPS) is 10.9. The summed E-state index contributed by atoms with van der Waals surface area (Å²) in [5, 5.41) is 2.93. The van der Waals surface area contributed by atoms with Crippen LogP contribution in [-0.2, 0) is 14.3 Å². The van der Waals surface area contributed by atoms with Gasteiger partial charge in [-0.3, -0.25) is 4.79 Å². The van der Waals surface area contributed by atoms with Crippen LogP contribution in [0, 0.1) is 13.8 Å². The predicted octanol–water partition coefficient (Wildman–Crippen LogP) is 5.25. The number of nitrogens with one attached hydrogen (secondary N) is 1. The van der Waals surface area contributed by atoms with Gasteiger partial charge in [0.1, 0.15) is 15.6 Å². The molecule has 0 saturated heterocycles. The van der Waals surface area contributed by atoms with Gasteiger partial charge in [-0.15, -0.1) is 11.3 Å². The number of benzene rings is 1. The highest BCUT2D eigenvalue weighted by Gasteiger charge is 2.28. The van der Waals surface area contributed by atoms with E-state index in [1.54, 1.807) is 27.7 Å². The first-order valence-corrected chi connectivity index (χ1v) is 11.4. The van der Waals surface area contributed by atoms with E-state index in [-0.39, 0.29) is 40.7 Å². The lowest BCUT2D eigenvalue weighted by Crippen LogP contribution is -2.21. The third-order valence-electron chi connectivity index (χ3n) is 4.56. The minimum absolute atomic E-state index is 0.152. The molecular formula is C24H31NO6S. The minimum atomic E-state index is -0.609. The maximum atomic E-state index is 12.7. The fraction of sp³-hybridized carbons (Fsp3) is 0.458. The molecule has 2 rings (SSSR count). The van der Waals surface area contributed by atoms with Crippen LogP contribution in [0.5, 0.6) is 5.75 Å². The van der Waals surface area contributed by atoms with Crippen molar-refractivity contribution in [1.29, 1.82) is 0 Å². The van der Waals surface area contributed by atoms with Crippen molar-refractivity contribution in [2.45, 2.75) is 60.5 Å². The second-order valence-corrected chi connectivity index (χ2v) is 8.99. The molecule has 8 heteroatoms. The van der Waals surface area contributed by atoms with E-state index >= 15 is 0 Å². The molecule has 0 bridgehead atoms. The number of hydrogen-bond acceptors (Lipinski definition) is 7. The van der Waals surface area contributed by atoms with Crippen molar-refractivity contribution >= 4 is 34.2 Å². The van der Waals surface area contributed by atoms with Crippen molar-refractivity contribution in [3.8, 4) is 5.75 Å². The molecule has 0 radical (unpaired) electrons. The molecule has 7 nitrogen and oxygen atoms in total. The Bertz CT molecular complexity index is 993. The monoisotopic (exact) mass is 461 g/mol. The average molecular weight is 462 g/mol. The molecule has 1 aromatic heterocycles. The molecule has 0 spiro atoms. The van der Waals surface area contributed by atoms with E-state index in [2.05, 4.69) is 19.2 Å². The van der Waals surface area contributed by atoms with E-state index in [1.807, 2.05) is 25.1 Å². The maximum absolute atomic E-state index is 12.7. The summed E-state index contributed by atoms with van der Waals surface area (Å²) < 4.78 is 16.2. The Morgan fingerprint density at radius 3 is 2.34 bits per heavy atom. The zero-order valence-electron chi connectivity index (χ0n) is 19.7. The van der Waals surface area contributed by atoms with Crippen molar-refractivity contribution in [2.24, 2.45) is 0 Å². The fourth-order valence-corrected chi connectivity index (χ4v) is 4.16. The summed E-state index contributed by atoms with van der Waals surface area (Å²) in [6.07, 6.45) is -0.314. The number of aryl methyl sites for hydroxylation is 1. The summed E-state index contributed by atoms with van der Waals surface area (Å²) >= 11 is 0.988. The van der Waals surface area contributed by atoms with Crippen LogP contribution in [0.4, 0.5) is 5.00 Å². The molecule has 0 aliphatic rings. The van der Waals surface area contributed by atoms with Crippen molar-refractivity contribution in [2.75, 3.05) is 18.5 Å². The van der Waals surface area contributed by atoms with Gasteiger partial charge < -0.3 is 19.5 Å². The van der Waals surface area contributed by atoms with Gasteiger partial charge in [0.25, 0.3) is 5.91 Å². The second-order valence-electron chi connectivity index (χ2n) is 7.97. The number of hydrogen-bond donors (Lipinski definition) is 1. The van der Waals surface area contributed by atoms with Crippen molar-refractivity contribution in [1.82, 2.24) is 0 Å². The summed E-state index contributed by atoms with van der Waals surface area (Å²) in [6.45, 7) is 12.8. The Morgan fingerprint density at radius 1 is 1.06 bits per heavy atom. The van der Waals surface area contributed by atoms with Crippen LogP contribution in [0.15, 0.2) is 18.2 Å². The number of carbonyl (C=O) groups excluding carboxylic acids is 3. The SMILES string of the molecule is CCOC(=O)c1c(NC(=O)COc2cc(C)ccc2C(C)C)sc(C(=O)OC(C)C)c1C. The highest BCUT2D eigenvalue weighted by atomic mass is 32.1. The van der Waals surface area contributed by atoms with E-state index in [0.717, 1.165) is 22.5 Å². The van der Waals surface area contributed by atoms with Gasteiger partial charge in [-0.05, 0) is 63.3 Å². The zero-order chi connectivity index (χ0) is 24.0. The van der Waals surface area contributed by atoms with Gasteiger partial charge in [0, 0.05) is 0 Å². The summed E-state index contributed by atoms with van der Waals surface area (Å²) in [7, 11) is 0. The van der Waals surface area contributed by atoms with Gasteiger partial charge in [-0.2, -0.15) is 0 Å². The number of ether oxygens (including phenoxy) is 3. The van der Waals surface area contributed by atoms with Gasteiger partial charge in [0.2, 0.25) is 0 Å². The molecule has 0 fully saturated rings. The standard InChI is InChI=1S/C24H31NO6S/c1-8-29-23(27)20-16(7)21(24(28)31-14(4)5)32-22(20)25-19(26)12-30-18-11-15(6)9-10-17(18)13(2)3/h9-11,13-14H,8,12H2,1-7H3,(H,25,26). The predicted molar refractivity (Wildman–Crippen MR) is 125 cm³/mol. The Morgan fingerprint density at radius 2 is 1.75 bits per heavy atom. The number of thiophene rings is 1. The quantitative estimate of drug-likeness (QED) is 0.513. The van der Waals surface area contributed by atoms with Gasteiger partial charge in [0.05, 0.1) is 18.3 Å². The van der Waals surface area contributed by atoms with Gasteiger partial charge in [-0.25, -0.2) is 9.59 Å². The Balaban J connectivity index is 2.25. The van der Waals surface area contributed by atoms with Gasteiger partial charge >= 0.3 is 11.9 Å². The molecule has 32 heavy (non-hydrogen) atoms. The van der Waals surface area contributed by atoms with E-state index in [1.165, 1.54) is 0 Å². The Hall–Kier alpha value is -2.87. The van der Waals surface area contributed by atoms with E-state index < -0.39 is 17.8 Å². The lowest BCUT2D eigenvalue weighted by Gasteiger charge is -2.15.